The van der Waals surface area contributed by atoms with Crippen molar-refractivity contribution in [2.45, 2.75) is 33.2 Å². The van der Waals surface area contributed by atoms with Crippen LogP contribution in [0.25, 0.3) is 0 Å². The van der Waals surface area contributed by atoms with E-state index in [1.54, 1.807) is 11.3 Å². The molecule has 1 unspecified atom stereocenters. The standard InChI is InChI=1S/C13H20N2OS/c1-10-4-3-6-15(9-10)13(16)14-8-12-11(2)5-7-17-12/h5,7,10H,3-4,6,8-9H2,1-2H3,(H,14,16). The molecule has 0 aromatic carbocycles. The maximum absolute atomic E-state index is 12.0. The number of aryl methyl sites for hydroxylation is 1. The number of hydrogen-bond acceptors (Lipinski definition) is 2. The summed E-state index contributed by atoms with van der Waals surface area (Å²) in [7, 11) is 0. The molecule has 0 aliphatic carbocycles. The molecule has 1 atom stereocenters. The minimum absolute atomic E-state index is 0.0874. The molecule has 0 spiro atoms. The minimum Gasteiger partial charge on any atom is -0.333 e. The molecule has 1 aromatic rings. The van der Waals surface area contributed by atoms with Crippen LogP contribution in [0.3, 0.4) is 0 Å². The first-order chi connectivity index (χ1) is 8.16. The molecule has 3 nitrogen and oxygen atoms in total. The number of urea groups is 1. The fourth-order valence-corrected chi connectivity index (χ4v) is 3.07. The first-order valence-corrected chi connectivity index (χ1v) is 7.10. The van der Waals surface area contributed by atoms with E-state index >= 15 is 0 Å². The summed E-state index contributed by atoms with van der Waals surface area (Å²) in [6.07, 6.45) is 2.38. The smallest absolute Gasteiger partial charge is 0.317 e. The molecule has 4 heteroatoms. The fourth-order valence-electron chi connectivity index (χ4n) is 2.23. The maximum Gasteiger partial charge on any atom is 0.317 e. The molecule has 0 saturated carbocycles. The summed E-state index contributed by atoms with van der Waals surface area (Å²) >= 11 is 1.71. The predicted octanol–water partition coefficient (Wildman–Crippen LogP) is 3.00. The normalized spacial score (nSPS) is 20.4. The van der Waals surface area contributed by atoms with Crippen molar-refractivity contribution in [3.05, 3.63) is 21.9 Å². The zero-order valence-electron chi connectivity index (χ0n) is 10.5. The lowest BCUT2D eigenvalue weighted by atomic mass is 10.0. The molecular weight excluding hydrogens is 232 g/mol. The Balaban J connectivity index is 1.83. The van der Waals surface area contributed by atoms with Crippen LogP contribution in [0.5, 0.6) is 0 Å². The van der Waals surface area contributed by atoms with Gasteiger partial charge in [0.25, 0.3) is 0 Å². The van der Waals surface area contributed by atoms with E-state index in [9.17, 15) is 4.79 Å². The number of piperidine rings is 1. The lowest BCUT2D eigenvalue weighted by Crippen LogP contribution is -2.44. The topological polar surface area (TPSA) is 32.3 Å². The molecule has 1 N–H and O–H groups in total. The molecule has 0 radical (unpaired) electrons. The first kappa shape index (κ1) is 12.4. The number of likely N-dealkylation sites (tertiary alicyclic amines) is 1. The van der Waals surface area contributed by atoms with Crippen LogP contribution >= 0.6 is 11.3 Å². The van der Waals surface area contributed by atoms with Gasteiger partial charge in [0, 0.05) is 18.0 Å². The zero-order valence-corrected chi connectivity index (χ0v) is 11.3. The number of rotatable bonds is 2. The summed E-state index contributed by atoms with van der Waals surface area (Å²) in [5.74, 6) is 0.637. The molecule has 1 aliphatic rings. The number of thiophene rings is 1. The Morgan fingerprint density at radius 1 is 1.65 bits per heavy atom. The SMILES string of the molecule is Cc1ccsc1CNC(=O)N1CCCC(C)C1. The Morgan fingerprint density at radius 3 is 3.12 bits per heavy atom. The van der Waals surface area contributed by atoms with Crippen molar-refractivity contribution >= 4 is 17.4 Å². The highest BCUT2D eigenvalue weighted by molar-refractivity contribution is 7.10. The van der Waals surface area contributed by atoms with Crippen molar-refractivity contribution < 1.29 is 4.79 Å². The van der Waals surface area contributed by atoms with Gasteiger partial charge in [-0.05, 0) is 42.7 Å². The summed E-state index contributed by atoms with van der Waals surface area (Å²) in [6.45, 7) is 6.76. The first-order valence-electron chi connectivity index (χ1n) is 6.22. The van der Waals surface area contributed by atoms with Crippen LogP contribution in [-0.4, -0.2) is 24.0 Å². The average Bonchev–Trinajstić information content (AvgIpc) is 2.72. The minimum atomic E-state index is 0.0874. The molecule has 94 valence electrons. The number of nitrogens with one attached hydrogen (secondary N) is 1. The molecule has 2 amide bonds. The monoisotopic (exact) mass is 252 g/mol. The van der Waals surface area contributed by atoms with E-state index < -0.39 is 0 Å². The van der Waals surface area contributed by atoms with Crippen LogP contribution in [0.4, 0.5) is 4.79 Å². The zero-order chi connectivity index (χ0) is 12.3. The Morgan fingerprint density at radius 2 is 2.47 bits per heavy atom. The van der Waals surface area contributed by atoms with Crippen molar-refractivity contribution in [1.82, 2.24) is 10.2 Å². The molecule has 0 bridgehead atoms. The second-order valence-corrected chi connectivity index (χ2v) is 5.88. The highest BCUT2D eigenvalue weighted by atomic mass is 32.1. The lowest BCUT2D eigenvalue weighted by molar-refractivity contribution is 0.169. The van der Waals surface area contributed by atoms with Crippen LogP contribution in [0.15, 0.2) is 11.4 Å². The van der Waals surface area contributed by atoms with E-state index in [2.05, 4.69) is 30.6 Å². The van der Waals surface area contributed by atoms with Gasteiger partial charge in [-0.25, -0.2) is 4.79 Å². The van der Waals surface area contributed by atoms with Gasteiger partial charge in [0.05, 0.1) is 6.54 Å². The Labute approximate surface area is 107 Å². The van der Waals surface area contributed by atoms with Crippen LogP contribution < -0.4 is 5.32 Å². The van der Waals surface area contributed by atoms with Gasteiger partial charge in [0.15, 0.2) is 0 Å². The predicted molar refractivity (Wildman–Crippen MR) is 71.3 cm³/mol. The Kier molecular flexibility index (Phi) is 4.05. The highest BCUT2D eigenvalue weighted by Crippen LogP contribution is 2.17. The van der Waals surface area contributed by atoms with Crippen LogP contribution in [-0.2, 0) is 6.54 Å². The van der Waals surface area contributed by atoms with Gasteiger partial charge in [-0.2, -0.15) is 0 Å². The van der Waals surface area contributed by atoms with Crippen molar-refractivity contribution in [3.63, 3.8) is 0 Å². The van der Waals surface area contributed by atoms with Gasteiger partial charge in [0.2, 0.25) is 0 Å². The number of carbonyl (C=O) groups excluding carboxylic acids is 1. The molecule has 1 saturated heterocycles. The van der Waals surface area contributed by atoms with E-state index in [0.717, 1.165) is 19.5 Å². The van der Waals surface area contributed by atoms with Gasteiger partial charge in [-0.15, -0.1) is 11.3 Å². The molecule has 1 aromatic heterocycles. The van der Waals surface area contributed by atoms with Gasteiger partial charge in [-0.1, -0.05) is 6.92 Å². The van der Waals surface area contributed by atoms with Crippen LogP contribution in [0.1, 0.15) is 30.2 Å². The molecule has 1 fully saturated rings. The largest absolute Gasteiger partial charge is 0.333 e. The lowest BCUT2D eigenvalue weighted by Gasteiger charge is -2.30. The fraction of sp³-hybridized carbons (Fsp3) is 0.615. The number of hydrogen-bond donors (Lipinski definition) is 1. The van der Waals surface area contributed by atoms with E-state index in [-0.39, 0.29) is 6.03 Å². The quantitative estimate of drug-likeness (QED) is 0.862. The maximum atomic E-state index is 12.0. The third kappa shape index (κ3) is 3.22. The highest BCUT2D eigenvalue weighted by Gasteiger charge is 2.20. The van der Waals surface area contributed by atoms with Gasteiger partial charge in [-0.3, -0.25) is 0 Å². The Hall–Kier alpha value is -1.03. The molecule has 1 aliphatic heterocycles. The number of amides is 2. The van der Waals surface area contributed by atoms with Gasteiger partial charge >= 0.3 is 6.03 Å². The van der Waals surface area contributed by atoms with Gasteiger partial charge in [0.1, 0.15) is 0 Å². The van der Waals surface area contributed by atoms with Crippen molar-refractivity contribution in [2.75, 3.05) is 13.1 Å². The summed E-state index contributed by atoms with van der Waals surface area (Å²) in [4.78, 5) is 15.2. The average molecular weight is 252 g/mol. The molecule has 17 heavy (non-hydrogen) atoms. The van der Waals surface area contributed by atoms with E-state index in [1.165, 1.54) is 16.9 Å². The molecule has 2 heterocycles. The van der Waals surface area contributed by atoms with Gasteiger partial charge < -0.3 is 10.2 Å². The summed E-state index contributed by atoms with van der Waals surface area (Å²) in [5, 5.41) is 5.08. The van der Waals surface area contributed by atoms with Crippen LogP contribution in [0.2, 0.25) is 0 Å². The third-order valence-electron chi connectivity index (χ3n) is 3.31. The van der Waals surface area contributed by atoms with E-state index in [0.29, 0.717) is 12.5 Å². The van der Waals surface area contributed by atoms with Crippen molar-refractivity contribution in [3.8, 4) is 0 Å². The number of nitrogens with zero attached hydrogens (tertiary/aromatic N) is 1. The molecular formula is C13H20N2OS. The summed E-state index contributed by atoms with van der Waals surface area (Å²) in [6, 6.07) is 2.18. The van der Waals surface area contributed by atoms with Crippen molar-refractivity contribution in [1.29, 1.82) is 0 Å². The van der Waals surface area contributed by atoms with E-state index in [4.69, 9.17) is 0 Å². The van der Waals surface area contributed by atoms with E-state index in [1.807, 2.05) is 4.90 Å². The second-order valence-electron chi connectivity index (χ2n) is 4.88. The number of carbonyl (C=O) groups is 1. The summed E-state index contributed by atoms with van der Waals surface area (Å²) < 4.78 is 0. The third-order valence-corrected chi connectivity index (χ3v) is 4.34. The van der Waals surface area contributed by atoms with Crippen molar-refractivity contribution in [2.24, 2.45) is 5.92 Å². The van der Waals surface area contributed by atoms with Crippen LogP contribution in [0, 0.1) is 12.8 Å². The second kappa shape index (κ2) is 5.54. The summed E-state index contributed by atoms with van der Waals surface area (Å²) in [5.41, 5.74) is 1.27. The Bertz CT molecular complexity index is 389. The molecule has 2 rings (SSSR count).